The van der Waals surface area contributed by atoms with Gasteiger partial charge in [-0.25, -0.2) is 0 Å². The van der Waals surface area contributed by atoms with E-state index in [1.165, 1.54) is 0 Å². The number of para-hydroxylation sites is 1. The zero-order chi connectivity index (χ0) is 11.1. The molecule has 0 bridgehead atoms. The van der Waals surface area contributed by atoms with E-state index in [-0.39, 0.29) is 5.97 Å². The van der Waals surface area contributed by atoms with E-state index in [4.69, 9.17) is 16.3 Å². The SMILES string of the molecule is O=C(CCCCBr)Oc1ccccc1Cl. The van der Waals surface area contributed by atoms with Crippen LogP contribution < -0.4 is 4.74 Å². The second kappa shape index (κ2) is 6.85. The molecule has 0 aliphatic rings. The van der Waals surface area contributed by atoms with Crippen LogP contribution in [0.25, 0.3) is 0 Å². The molecule has 0 radical (unpaired) electrons. The predicted molar refractivity (Wildman–Crippen MR) is 64.7 cm³/mol. The van der Waals surface area contributed by atoms with Crippen molar-refractivity contribution in [2.24, 2.45) is 0 Å². The third kappa shape index (κ3) is 4.67. The minimum absolute atomic E-state index is 0.232. The lowest BCUT2D eigenvalue weighted by atomic mass is 10.2. The topological polar surface area (TPSA) is 26.3 Å². The van der Waals surface area contributed by atoms with Gasteiger partial charge < -0.3 is 4.74 Å². The van der Waals surface area contributed by atoms with Crippen LogP contribution in [0.4, 0.5) is 0 Å². The standard InChI is InChI=1S/C11H12BrClO2/c12-8-4-3-7-11(14)15-10-6-2-1-5-9(10)13/h1-2,5-6H,3-4,7-8H2. The summed E-state index contributed by atoms with van der Waals surface area (Å²) in [4.78, 5) is 11.3. The Kier molecular flexibility index (Phi) is 5.73. The fraction of sp³-hybridized carbons (Fsp3) is 0.364. The Labute approximate surface area is 103 Å². The zero-order valence-corrected chi connectivity index (χ0v) is 10.6. The lowest BCUT2D eigenvalue weighted by molar-refractivity contribution is -0.134. The molecule has 0 aliphatic heterocycles. The first-order valence-corrected chi connectivity index (χ1v) is 6.25. The molecule has 1 aromatic rings. The van der Waals surface area contributed by atoms with Crippen LogP contribution in [0, 0.1) is 0 Å². The molecule has 1 aromatic carbocycles. The Morgan fingerprint density at radius 1 is 1.33 bits per heavy atom. The molecule has 0 amide bonds. The van der Waals surface area contributed by atoms with Gasteiger partial charge >= 0.3 is 5.97 Å². The summed E-state index contributed by atoms with van der Waals surface area (Å²) in [6.07, 6.45) is 2.23. The molecule has 0 N–H and O–H groups in total. The molecule has 0 saturated carbocycles. The second-order valence-electron chi connectivity index (χ2n) is 3.05. The molecule has 0 saturated heterocycles. The van der Waals surface area contributed by atoms with Crippen LogP contribution in [-0.2, 0) is 4.79 Å². The minimum atomic E-state index is -0.232. The number of carbonyl (C=O) groups excluding carboxylic acids is 1. The lowest BCUT2D eigenvalue weighted by Gasteiger charge is -2.05. The average molecular weight is 292 g/mol. The molecule has 0 heterocycles. The van der Waals surface area contributed by atoms with Crippen LogP contribution in [0.1, 0.15) is 19.3 Å². The van der Waals surface area contributed by atoms with Crippen LogP contribution in [0.5, 0.6) is 5.75 Å². The Hall–Kier alpha value is -0.540. The van der Waals surface area contributed by atoms with Gasteiger partial charge in [0.2, 0.25) is 0 Å². The molecule has 0 fully saturated rings. The number of hydrogen-bond acceptors (Lipinski definition) is 2. The highest BCUT2D eigenvalue weighted by Gasteiger charge is 2.06. The third-order valence-electron chi connectivity index (χ3n) is 1.82. The number of rotatable bonds is 5. The molecule has 1 rings (SSSR count). The highest BCUT2D eigenvalue weighted by molar-refractivity contribution is 9.09. The number of hydrogen-bond donors (Lipinski definition) is 0. The van der Waals surface area contributed by atoms with E-state index in [1.807, 2.05) is 0 Å². The number of ether oxygens (including phenoxy) is 1. The summed E-state index contributed by atoms with van der Waals surface area (Å²) >= 11 is 9.15. The monoisotopic (exact) mass is 290 g/mol. The van der Waals surface area contributed by atoms with Crippen LogP contribution >= 0.6 is 27.5 Å². The molecule has 0 atom stereocenters. The van der Waals surface area contributed by atoms with E-state index in [1.54, 1.807) is 24.3 Å². The zero-order valence-electron chi connectivity index (χ0n) is 8.21. The van der Waals surface area contributed by atoms with Crippen molar-refractivity contribution in [2.45, 2.75) is 19.3 Å². The molecule has 0 unspecified atom stereocenters. The summed E-state index contributed by atoms with van der Waals surface area (Å²) in [5.41, 5.74) is 0. The summed E-state index contributed by atoms with van der Waals surface area (Å²) < 4.78 is 5.11. The Morgan fingerprint density at radius 3 is 2.73 bits per heavy atom. The number of unbranched alkanes of at least 4 members (excludes halogenated alkanes) is 1. The van der Waals surface area contributed by atoms with E-state index in [9.17, 15) is 4.79 Å². The summed E-state index contributed by atoms with van der Waals surface area (Å²) in [5.74, 6) is 0.201. The summed E-state index contributed by atoms with van der Waals surface area (Å²) in [6.45, 7) is 0. The lowest BCUT2D eigenvalue weighted by Crippen LogP contribution is -2.07. The Morgan fingerprint density at radius 2 is 2.07 bits per heavy atom. The smallest absolute Gasteiger partial charge is 0.311 e. The third-order valence-corrected chi connectivity index (χ3v) is 2.70. The maximum Gasteiger partial charge on any atom is 0.311 e. The van der Waals surface area contributed by atoms with Crippen LogP contribution in [-0.4, -0.2) is 11.3 Å². The molecule has 82 valence electrons. The second-order valence-corrected chi connectivity index (χ2v) is 4.25. The van der Waals surface area contributed by atoms with Crippen LogP contribution in [0.2, 0.25) is 5.02 Å². The summed E-state index contributed by atoms with van der Waals surface area (Å²) in [6, 6.07) is 6.96. The van der Waals surface area contributed by atoms with Crippen molar-refractivity contribution in [3.8, 4) is 5.75 Å². The van der Waals surface area contributed by atoms with E-state index in [0.29, 0.717) is 17.2 Å². The molecular weight excluding hydrogens is 279 g/mol. The quantitative estimate of drug-likeness (QED) is 0.357. The first-order chi connectivity index (χ1) is 7.24. The van der Waals surface area contributed by atoms with Gasteiger partial charge in [0.1, 0.15) is 5.75 Å². The maximum absolute atomic E-state index is 11.3. The van der Waals surface area contributed by atoms with Crippen molar-refractivity contribution in [3.05, 3.63) is 29.3 Å². The first-order valence-electron chi connectivity index (χ1n) is 4.75. The number of halogens is 2. The molecule has 0 spiro atoms. The molecule has 15 heavy (non-hydrogen) atoms. The molecule has 0 aromatic heterocycles. The van der Waals surface area contributed by atoms with Gasteiger partial charge in [0, 0.05) is 11.8 Å². The number of alkyl halides is 1. The van der Waals surface area contributed by atoms with Gasteiger partial charge in [0.05, 0.1) is 5.02 Å². The normalized spacial score (nSPS) is 10.0. The maximum atomic E-state index is 11.3. The Bertz CT molecular complexity index is 328. The average Bonchev–Trinajstić information content (AvgIpc) is 2.22. The summed E-state index contributed by atoms with van der Waals surface area (Å²) in [7, 11) is 0. The Balaban J connectivity index is 2.41. The highest BCUT2D eigenvalue weighted by atomic mass is 79.9. The van der Waals surface area contributed by atoms with Crippen molar-refractivity contribution in [1.29, 1.82) is 0 Å². The van der Waals surface area contributed by atoms with Gasteiger partial charge in [0.25, 0.3) is 0 Å². The van der Waals surface area contributed by atoms with Crippen molar-refractivity contribution in [1.82, 2.24) is 0 Å². The van der Waals surface area contributed by atoms with Crippen molar-refractivity contribution >= 4 is 33.5 Å². The number of esters is 1. The molecule has 4 heteroatoms. The van der Waals surface area contributed by atoms with Crippen molar-refractivity contribution in [2.75, 3.05) is 5.33 Å². The predicted octanol–water partition coefficient (Wildman–Crippen LogP) is 3.81. The molecule has 0 aliphatic carbocycles. The van der Waals surface area contributed by atoms with E-state index in [0.717, 1.165) is 18.2 Å². The van der Waals surface area contributed by atoms with Gasteiger partial charge in [-0.15, -0.1) is 0 Å². The largest absolute Gasteiger partial charge is 0.425 e. The van der Waals surface area contributed by atoms with Crippen molar-refractivity contribution in [3.63, 3.8) is 0 Å². The van der Waals surface area contributed by atoms with Crippen molar-refractivity contribution < 1.29 is 9.53 Å². The number of carbonyl (C=O) groups is 1. The minimum Gasteiger partial charge on any atom is -0.425 e. The van der Waals surface area contributed by atoms with Crippen LogP contribution in [0.15, 0.2) is 24.3 Å². The van der Waals surface area contributed by atoms with Gasteiger partial charge in [-0.05, 0) is 25.0 Å². The molecular formula is C11H12BrClO2. The number of benzene rings is 1. The fourth-order valence-electron chi connectivity index (χ4n) is 1.07. The van der Waals surface area contributed by atoms with Gasteiger partial charge in [0.15, 0.2) is 0 Å². The van der Waals surface area contributed by atoms with Gasteiger partial charge in [-0.1, -0.05) is 39.7 Å². The van der Waals surface area contributed by atoms with Crippen LogP contribution in [0.3, 0.4) is 0 Å². The highest BCUT2D eigenvalue weighted by Crippen LogP contribution is 2.23. The van der Waals surface area contributed by atoms with Gasteiger partial charge in [-0.2, -0.15) is 0 Å². The van der Waals surface area contributed by atoms with E-state index < -0.39 is 0 Å². The first kappa shape index (κ1) is 12.5. The molecule has 2 nitrogen and oxygen atoms in total. The van der Waals surface area contributed by atoms with E-state index in [2.05, 4.69) is 15.9 Å². The fourth-order valence-corrected chi connectivity index (χ4v) is 1.64. The summed E-state index contributed by atoms with van der Waals surface area (Å²) in [5, 5.41) is 1.37. The van der Waals surface area contributed by atoms with Gasteiger partial charge in [-0.3, -0.25) is 4.79 Å². The van der Waals surface area contributed by atoms with E-state index >= 15 is 0 Å².